The van der Waals surface area contributed by atoms with Crippen LogP contribution in [0.15, 0.2) is 28.7 Å². The molecule has 0 bridgehead atoms. The van der Waals surface area contributed by atoms with Crippen LogP contribution in [-0.2, 0) is 6.54 Å². The topological polar surface area (TPSA) is 80.9 Å². The Balaban J connectivity index is 2.03. The van der Waals surface area contributed by atoms with Crippen LogP contribution in [0.3, 0.4) is 0 Å². The number of nitrogens with two attached hydrogens (primary N) is 1. The summed E-state index contributed by atoms with van der Waals surface area (Å²) in [7, 11) is 0. The second kappa shape index (κ2) is 5.83. The summed E-state index contributed by atoms with van der Waals surface area (Å²) < 4.78 is 0. The third kappa shape index (κ3) is 2.99. The fraction of sp³-hybridized carbons (Fsp3) is 0.182. The maximum absolute atomic E-state index is 12.0. The summed E-state index contributed by atoms with van der Waals surface area (Å²) in [6, 6.07) is 3.50. The molecule has 0 radical (unpaired) electrons. The molecule has 0 aliphatic carbocycles. The van der Waals surface area contributed by atoms with E-state index in [-0.39, 0.29) is 5.91 Å². The van der Waals surface area contributed by atoms with Crippen LogP contribution in [0.5, 0.6) is 0 Å². The van der Waals surface area contributed by atoms with Crippen LogP contribution in [0.4, 0.5) is 5.13 Å². The fourth-order valence-corrected chi connectivity index (χ4v) is 2.51. The van der Waals surface area contributed by atoms with Crippen molar-refractivity contribution in [3.8, 4) is 0 Å². The second-order valence-corrected chi connectivity index (χ2v) is 5.10. The number of aromatic nitrogens is 2. The third-order valence-corrected chi connectivity index (χ3v) is 3.64. The number of hydrogen-bond donors (Lipinski definition) is 2. The maximum atomic E-state index is 12.0. The first-order chi connectivity index (χ1) is 8.70. The monoisotopic (exact) mass is 280 g/mol. The zero-order valence-electron chi connectivity index (χ0n) is 9.71. The highest BCUT2D eigenvalue weighted by Gasteiger charge is 2.11. The number of thioether (sulfide) groups is 1. The van der Waals surface area contributed by atoms with Crippen LogP contribution < -0.4 is 11.1 Å². The van der Waals surface area contributed by atoms with Gasteiger partial charge in [-0.25, -0.2) is 9.97 Å². The third-order valence-electron chi connectivity index (χ3n) is 2.21. The molecule has 0 atom stereocenters. The van der Waals surface area contributed by atoms with E-state index in [9.17, 15) is 4.79 Å². The van der Waals surface area contributed by atoms with Gasteiger partial charge in [0.25, 0.3) is 5.91 Å². The summed E-state index contributed by atoms with van der Waals surface area (Å²) >= 11 is 2.80. The molecule has 0 aromatic carbocycles. The lowest BCUT2D eigenvalue weighted by Crippen LogP contribution is -2.23. The van der Waals surface area contributed by atoms with E-state index in [0.29, 0.717) is 22.3 Å². The predicted octanol–water partition coefficient (Wildman–Crippen LogP) is 1.77. The molecule has 2 aromatic heterocycles. The summed E-state index contributed by atoms with van der Waals surface area (Å²) in [5.74, 6) is -0.154. The number of amides is 1. The van der Waals surface area contributed by atoms with Gasteiger partial charge in [-0.15, -0.1) is 23.1 Å². The number of nitrogens with zero attached hydrogens (tertiary/aromatic N) is 2. The van der Waals surface area contributed by atoms with Crippen molar-refractivity contribution in [1.29, 1.82) is 0 Å². The lowest BCUT2D eigenvalue weighted by atomic mass is 10.2. The molecule has 0 aliphatic heterocycles. The predicted molar refractivity (Wildman–Crippen MR) is 73.7 cm³/mol. The first-order valence-electron chi connectivity index (χ1n) is 5.18. The molecule has 0 fully saturated rings. The lowest BCUT2D eigenvalue weighted by Gasteiger charge is -2.06. The summed E-state index contributed by atoms with van der Waals surface area (Å²) in [6.45, 7) is 0.370. The normalized spacial score (nSPS) is 10.3. The van der Waals surface area contributed by atoms with Crippen LogP contribution in [0.1, 0.15) is 16.1 Å². The minimum atomic E-state index is -0.154. The van der Waals surface area contributed by atoms with Gasteiger partial charge in [0.15, 0.2) is 5.13 Å². The highest BCUT2D eigenvalue weighted by Crippen LogP contribution is 2.17. The van der Waals surface area contributed by atoms with E-state index in [1.807, 2.05) is 11.6 Å². The zero-order chi connectivity index (χ0) is 13.0. The highest BCUT2D eigenvalue weighted by atomic mass is 32.2. The first-order valence-corrected chi connectivity index (χ1v) is 7.28. The van der Waals surface area contributed by atoms with E-state index in [0.717, 1.165) is 5.69 Å². The molecule has 0 saturated carbocycles. The number of anilines is 1. The summed E-state index contributed by atoms with van der Waals surface area (Å²) in [4.78, 5) is 20.2. The van der Waals surface area contributed by atoms with E-state index in [2.05, 4.69) is 15.3 Å². The van der Waals surface area contributed by atoms with Crippen molar-refractivity contribution in [2.45, 2.75) is 11.6 Å². The summed E-state index contributed by atoms with van der Waals surface area (Å²) in [6.07, 6.45) is 3.56. The van der Waals surface area contributed by atoms with Gasteiger partial charge in [0, 0.05) is 11.6 Å². The molecule has 1 amide bonds. The number of carbonyl (C=O) groups is 1. The molecule has 7 heteroatoms. The Hall–Kier alpha value is -1.60. The van der Waals surface area contributed by atoms with Crippen LogP contribution >= 0.6 is 23.1 Å². The minimum Gasteiger partial charge on any atom is -0.375 e. The van der Waals surface area contributed by atoms with Gasteiger partial charge in [-0.1, -0.05) is 0 Å². The molecule has 0 saturated heterocycles. The summed E-state index contributed by atoms with van der Waals surface area (Å²) in [5, 5.41) is 5.85. The van der Waals surface area contributed by atoms with Crippen molar-refractivity contribution in [2.75, 3.05) is 12.0 Å². The van der Waals surface area contributed by atoms with Gasteiger partial charge in [0.1, 0.15) is 5.03 Å². The number of hydrogen-bond acceptors (Lipinski definition) is 6. The van der Waals surface area contributed by atoms with Gasteiger partial charge in [-0.05, 0) is 18.4 Å². The van der Waals surface area contributed by atoms with Gasteiger partial charge in [-0.2, -0.15) is 0 Å². The van der Waals surface area contributed by atoms with Crippen LogP contribution in [0.25, 0.3) is 0 Å². The van der Waals surface area contributed by atoms with Gasteiger partial charge in [0.2, 0.25) is 0 Å². The van der Waals surface area contributed by atoms with E-state index in [1.54, 1.807) is 18.3 Å². The molecule has 2 aromatic rings. The Morgan fingerprint density at radius 1 is 1.61 bits per heavy atom. The number of nitrogens with one attached hydrogen (secondary N) is 1. The number of carbonyl (C=O) groups excluding carboxylic acids is 1. The molecule has 3 N–H and O–H groups in total. The number of pyridine rings is 1. The van der Waals surface area contributed by atoms with Crippen molar-refractivity contribution in [2.24, 2.45) is 0 Å². The Morgan fingerprint density at radius 2 is 2.44 bits per heavy atom. The molecule has 2 rings (SSSR count). The average molecular weight is 280 g/mol. The van der Waals surface area contributed by atoms with Gasteiger partial charge >= 0.3 is 0 Å². The van der Waals surface area contributed by atoms with Crippen LogP contribution in [0, 0.1) is 0 Å². The van der Waals surface area contributed by atoms with E-state index in [4.69, 9.17) is 5.73 Å². The highest BCUT2D eigenvalue weighted by molar-refractivity contribution is 7.98. The van der Waals surface area contributed by atoms with Crippen molar-refractivity contribution in [1.82, 2.24) is 15.3 Å². The second-order valence-electron chi connectivity index (χ2n) is 3.42. The molecule has 0 spiro atoms. The first kappa shape index (κ1) is 12.8. The lowest BCUT2D eigenvalue weighted by molar-refractivity contribution is 0.0947. The Labute approximate surface area is 113 Å². The smallest absolute Gasteiger partial charge is 0.254 e. The molecule has 18 heavy (non-hydrogen) atoms. The van der Waals surface area contributed by atoms with Gasteiger partial charge in [0.05, 0.1) is 17.8 Å². The number of nitrogen functional groups attached to an aromatic ring is 1. The average Bonchev–Trinajstić information content (AvgIpc) is 2.81. The quantitative estimate of drug-likeness (QED) is 0.834. The van der Waals surface area contributed by atoms with E-state index >= 15 is 0 Å². The maximum Gasteiger partial charge on any atom is 0.254 e. The Morgan fingerprint density at radius 3 is 3.11 bits per heavy atom. The van der Waals surface area contributed by atoms with Crippen molar-refractivity contribution >= 4 is 34.1 Å². The molecular weight excluding hydrogens is 268 g/mol. The van der Waals surface area contributed by atoms with Crippen molar-refractivity contribution < 1.29 is 4.79 Å². The van der Waals surface area contributed by atoms with Crippen molar-refractivity contribution in [3.05, 3.63) is 35.0 Å². The van der Waals surface area contributed by atoms with Crippen LogP contribution in [-0.4, -0.2) is 22.1 Å². The van der Waals surface area contributed by atoms with E-state index in [1.165, 1.54) is 23.1 Å². The summed E-state index contributed by atoms with van der Waals surface area (Å²) in [5.41, 5.74) is 6.86. The molecule has 5 nitrogen and oxygen atoms in total. The molecular formula is C11H12N4OS2. The van der Waals surface area contributed by atoms with Gasteiger partial charge in [-0.3, -0.25) is 4.79 Å². The number of rotatable bonds is 4. The van der Waals surface area contributed by atoms with Crippen LogP contribution in [0.2, 0.25) is 0 Å². The number of thiazole rings is 1. The Kier molecular flexibility index (Phi) is 4.16. The molecule has 0 aliphatic rings. The zero-order valence-corrected chi connectivity index (χ0v) is 11.3. The van der Waals surface area contributed by atoms with Gasteiger partial charge < -0.3 is 11.1 Å². The fourth-order valence-electron chi connectivity index (χ4n) is 1.40. The van der Waals surface area contributed by atoms with E-state index < -0.39 is 0 Å². The molecule has 94 valence electrons. The standard InChI is InChI=1S/C11H12N4OS2/c1-17-10-8(3-2-4-13-10)9(16)14-5-7-6-18-11(12)15-7/h2-4,6H,5H2,1H3,(H2,12,15)(H,14,16). The largest absolute Gasteiger partial charge is 0.375 e. The Bertz CT molecular complexity index is 555. The minimum absolute atomic E-state index is 0.154. The molecule has 0 unspecified atom stereocenters. The van der Waals surface area contributed by atoms with Crippen molar-refractivity contribution in [3.63, 3.8) is 0 Å². The molecule has 2 heterocycles. The SMILES string of the molecule is CSc1ncccc1C(=O)NCc1csc(N)n1.